The number of nitrogens with zero attached hydrogens (tertiary/aromatic N) is 1. The first-order valence-electron chi connectivity index (χ1n) is 11.6. The van der Waals surface area contributed by atoms with Gasteiger partial charge in [0, 0.05) is 25.0 Å². The summed E-state index contributed by atoms with van der Waals surface area (Å²) >= 11 is 0. The summed E-state index contributed by atoms with van der Waals surface area (Å²) in [6, 6.07) is 21.8. The molecule has 3 aromatic rings. The van der Waals surface area contributed by atoms with Crippen LogP contribution in [0, 0.1) is 0 Å². The average molecular weight is 447 g/mol. The number of carbonyl (C=O) groups excluding carboxylic acids is 1. The first kappa shape index (κ1) is 24.5. The van der Waals surface area contributed by atoms with Crippen molar-refractivity contribution in [3.05, 3.63) is 83.4 Å². The topological polar surface area (TPSA) is 50.8 Å². The second-order valence-corrected chi connectivity index (χ2v) is 7.89. The lowest BCUT2D eigenvalue weighted by atomic mass is 10.1. The monoisotopic (exact) mass is 446 g/mol. The Bertz CT molecular complexity index is 1050. The Labute approximate surface area is 197 Å². The molecule has 1 N–H and O–H groups in total. The molecule has 0 atom stereocenters. The lowest BCUT2D eigenvalue weighted by molar-refractivity contribution is 0.0600. The predicted octanol–water partition coefficient (Wildman–Crippen LogP) is 5.02. The number of likely N-dealkylation sites (N-methyl/N-ethyl adjacent to an activating group) is 1. The molecule has 0 radical (unpaired) electrons. The quantitative estimate of drug-likeness (QED) is 0.313. The molecule has 0 fully saturated rings. The van der Waals surface area contributed by atoms with E-state index in [4.69, 9.17) is 9.47 Å². The fraction of sp³-hybridized carbons (Fsp3) is 0.321. The van der Waals surface area contributed by atoms with Crippen molar-refractivity contribution < 1.29 is 14.3 Å². The zero-order chi connectivity index (χ0) is 23.5. The Balaban J connectivity index is 1.73. The molecule has 33 heavy (non-hydrogen) atoms. The summed E-state index contributed by atoms with van der Waals surface area (Å²) in [6.07, 6.45) is 2.12. The van der Waals surface area contributed by atoms with Crippen molar-refractivity contribution in [2.24, 2.45) is 0 Å². The number of methoxy groups -OCH3 is 1. The second-order valence-electron chi connectivity index (χ2n) is 7.89. The summed E-state index contributed by atoms with van der Waals surface area (Å²) in [5, 5.41) is 5.82. The van der Waals surface area contributed by atoms with Crippen LogP contribution in [-0.2, 0) is 4.74 Å². The van der Waals surface area contributed by atoms with Crippen molar-refractivity contribution in [3.63, 3.8) is 0 Å². The average Bonchev–Trinajstić information content (AvgIpc) is 2.87. The maximum absolute atomic E-state index is 11.7. The van der Waals surface area contributed by atoms with Crippen LogP contribution in [0.15, 0.2) is 72.3 Å². The molecule has 0 saturated carbocycles. The van der Waals surface area contributed by atoms with E-state index in [0.29, 0.717) is 12.2 Å². The van der Waals surface area contributed by atoms with Gasteiger partial charge >= 0.3 is 5.97 Å². The molecule has 0 aliphatic rings. The predicted molar refractivity (Wildman–Crippen MR) is 136 cm³/mol. The van der Waals surface area contributed by atoms with Crippen LogP contribution < -0.4 is 10.1 Å². The number of hydrogen-bond donors (Lipinski definition) is 1. The third-order valence-electron chi connectivity index (χ3n) is 5.72. The second kappa shape index (κ2) is 12.8. The van der Waals surface area contributed by atoms with Crippen molar-refractivity contribution in [1.29, 1.82) is 0 Å². The molecule has 3 rings (SSSR count). The van der Waals surface area contributed by atoms with E-state index in [1.54, 1.807) is 12.1 Å². The highest BCUT2D eigenvalue weighted by atomic mass is 16.5. The van der Waals surface area contributed by atoms with Gasteiger partial charge in [0.2, 0.25) is 0 Å². The van der Waals surface area contributed by atoms with E-state index in [1.807, 2.05) is 36.4 Å². The van der Waals surface area contributed by atoms with E-state index in [0.717, 1.165) is 60.4 Å². The van der Waals surface area contributed by atoms with Crippen molar-refractivity contribution >= 4 is 22.8 Å². The van der Waals surface area contributed by atoms with Crippen molar-refractivity contribution in [3.8, 4) is 5.75 Å². The number of ether oxygens (including phenoxy) is 2. The Hall–Kier alpha value is -3.15. The number of nitrogens with one attached hydrogen (secondary N) is 1. The van der Waals surface area contributed by atoms with Crippen LogP contribution in [0.3, 0.4) is 0 Å². The van der Waals surface area contributed by atoms with Crippen LogP contribution in [0.2, 0.25) is 0 Å². The molecule has 0 aliphatic heterocycles. The molecular weight excluding hydrogens is 412 g/mol. The molecule has 5 nitrogen and oxygen atoms in total. The third-order valence-corrected chi connectivity index (χ3v) is 5.72. The van der Waals surface area contributed by atoms with E-state index >= 15 is 0 Å². The molecule has 0 aromatic heterocycles. The highest BCUT2D eigenvalue weighted by Gasteiger charge is 2.07. The van der Waals surface area contributed by atoms with Gasteiger partial charge in [-0.1, -0.05) is 68.5 Å². The van der Waals surface area contributed by atoms with Gasteiger partial charge in [0.15, 0.2) is 0 Å². The minimum absolute atomic E-state index is 0.330. The molecule has 0 saturated heterocycles. The largest absolute Gasteiger partial charge is 0.489 e. The summed E-state index contributed by atoms with van der Waals surface area (Å²) < 4.78 is 11.1. The number of fused-ring (bicyclic) bond motifs is 1. The molecule has 3 aromatic carbocycles. The lowest BCUT2D eigenvalue weighted by Gasteiger charge is -2.18. The molecule has 5 heteroatoms. The summed E-state index contributed by atoms with van der Waals surface area (Å²) in [4.78, 5) is 14.1. The molecule has 0 amide bonds. The van der Waals surface area contributed by atoms with E-state index < -0.39 is 0 Å². The number of benzene rings is 3. The fourth-order valence-corrected chi connectivity index (χ4v) is 3.73. The van der Waals surface area contributed by atoms with Crippen LogP contribution in [0.5, 0.6) is 5.75 Å². The van der Waals surface area contributed by atoms with E-state index in [9.17, 15) is 4.79 Å². The van der Waals surface area contributed by atoms with Crippen LogP contribution in [0.25, 0.3) is 16.8 Å². The minimum atomic E-state index is -0.330. The number of rotatable bonds is 12. The van der Waals surface area contributed by atoms with Gasteiger partial charge < -0.3 is 19.7 Å². The number of esters is 1. The van der Waals surface area contributed by atoms with Gasteiger partial charge in [0.1, 0.15) is 12.4 Å². The molecule has 0 aliphatic carbocycles. The summed E-state index contributed by atoms with van der Waals surface area (Å²) in [6.45, 7) is 9.60. The molecule has 0 heterocycles. The first-order valence-corrected chi connectivity index (χ1v) is 11.6. The molecule has 174 valence electrons. The van der Waals surface area contributed by atoms with Crippen LogP contribution in [-0.4, -0.2) is 57.3 Å². The minimum Gasteiger partial charge on any atom is -0.489 e. The maximum Gasteiger partial charge on any atom is 0.337 e. The Kier molecular flexibility index (Phi) is 9.48. The highest BCUT2D eigenvalue weighted by molar-refractivity contribution is 5.89. The third kappa shape index (κ3) is 7.17. The zero-order valence-electron chi connectivity index (χ0n) is 19.8. The first-order chi connectivity index (χ1) is 16.1. The standard InChI is InChI=1S/C28H34N2O3/c1-4-30(5-2)18-17-29-20-23(19-22-13-15-25(16-14-22)28(31)32-3)21-33-27-12-8-10-24-9-6-7-11-26(24)27/h6-16,19,29H,4-5,17-18,20-21H2,1-3H3/b23-19-. The zero-order valence-corrected chi connectivity index (χ0v) is 19.8. The van der Waals surface area contributed by atoms with Crippen molar-refractivity contribution in [1.82, 2.24) is 10.2 Å². The Morgan fingerprint density at radius 2 is 1.70 bits per heavy atom. The number of hydrogen-bond acceptors (Lipinski definition) is 5. The van der Waals surface area contributed by atoms with Gasteiger partial charge in [-0.3, -0.25) is 0 Å². The van der Waals surface area contributed by atoms with Gasteiger partial charge in [-0.05, 0) is 47.8 Å². The van der Waals surface area contributed by atoms with Gasteiger partial charge in [-0.25, -0.2) is 4.79 Å². The van der Waals surface area contributed by atoms with Crippen LogP contribution in [0.1, 0.15) is 29.8 Å². The van der Waals surface area contributed by atoms with Gasteiger partial charge in [-0.2, -0.15) is 0 Å². The Morgan fingerprint density at radius 3 is 2.42 bits per heavy atom. The van der Waals surface area contributed by atoms with Crippen LogP contribution >= 0.6 is 0 Å². The van der Waals surface area contributed by atoms with E-state index in [-0.39, 0.29) is 5.97 Å². The van der Waals surface area contributed by atoms with Gasteiger partial charge in [0.05, 0.1) is 12.7 Å². The Morgan fingerprint density at radius 1 is 0.970 bits per heavy atom. The highest BCUT2D eigenvalue weighted by Crippen LogP contribution is 2.25. The summed E-state index contributed by atoms with van der Waals surface area (Å²) in [5.41, 5.74) is 2.69. The maximum atomic E-state index is 11.7. The molecule has 0 bridgehead atoms. The molecular formula is C28H34N2O3. The number of carbonyl (C=O) groups is 1. The van der Waals surface area contributed by atoms with Gasteiger partial charge in [-0.15, -0.1) is 0 Å². The van der Waals surface area contributed by atoms with Crippen LogP contribution in [0.4, 0.5) is 0 Å². The molecule has 0 unspecified atom stereocenters. The summed E-state index contributed by atoms with van der Waals surface area (Å²) in [7, 11) is 1.39. The van der Waals surface area contributed by atoms with Crippen molar-refractivity contribution in [2.75, 3.05) is 46.4 Å². The summed E-state index contributed by atoms with van der Waals surface area (Å²) in [5.74, 6) is 0.547. The van der Waals surface area contributed by atoms with E-state index in [1.165, 1.54) is 7.11 Å². The molecule has 0 spiro atoms. The SMILES string of the molecule is CCN(CC)CCNC/C(=C/c1ccc(C(=O)OC)cc1)COc1cccc2ccccc12. The fourth-order valence-electron chi connectivity index (χ4n) is 3.73. The van der Waals surface area contributed by atoms with Crippen molar-refractivity contribution in [2.45, 2.75) is 13.8 Å². The normalized spacial score (nSPS) is 11.7. The van der Waals surface area contributed by atoms with Gasteiger partial charge in [0.25, 0.3) is 0 Å². The smallest absolute Gasteiger partial charge is 0.337 e. The lowest BCUT2D eigenvalue weighted by Crippen LogP contribution is -2.33. The van der Waals surface area contributed by atoms with E-state index in [2.05, 4.69) is 48.3 Å².